The quantitative estimate of drug-likeness (QED) is 0.437. The van der Waals surface area contributed by atoms with E-state index in [1.54, 1.807) is 11.8 Å². The van der Waals surface area contributed by atoms with Gasteiger partial charge < -0.3 is 15.5 Å². The average Bonchev–Trinajstić information content (AvgIpc) is 3.37. The molecule has 0 saturated carbocycles. The summed E-state index contributed by atoms with van der Waals surface area (Å²) < 4.78 is 63.0. The second-order valence-corrected chi connectivity index (χ2v) is 12.2. The molecule has 0 bridgehead atoms. The van der Waals surface area contributed by atoms with Crippen LogP contribution in [0.4, 0.5) is 19.0 Å². The normalized spacial score (nSPS) is 17.2. The third-order valence-electron chi connectivity index (χ3n) is 5.43. The first-order chi connectivity index (χ1) is 18.2. The van der Waals surface area contributed by atoms with Crippen molar-refractivity contribution in [2.45, 2.75) is 26.1 Å². The van der Waals surface area contributed by atoms with E-state index in [1.165, 1.54) is 25.5 Å². The van der Waals surface area contributed by atoms with E-state index < -0.39 is 44.5 Å². The van der Waals surface area contributed by atoms with E-state index >= 15 is 0 Å². The lowest BCUT2D eigenvalue weighted by atomic mass is 10.2. The summed E-state index contributed by atoms with van der Waals surface area (Å²) in [5.74, 6) is -0.818. The highest BCUT2D eigenvalue weighted by Gasteiger charge is 2.34. The maximum Gasteiger partial charge on any atom is 0.417 e. The molecule has 1 fully saturated rings. The van der Waals surface area contributed by atoms with Gasteiger partial charge in [-0.1, -0.05) is 24.3 Å². The molecule has 10 nitrogen and oxygen atoms in total. The molecule has 0 spiro atoms. The van der Waals surface area contributed by atoms with Crippen LogP contribution in [0.2, 0.25) is 0 Å². The Labute approximate surface area is 231 Å². The van der Waals surface area contributed by atoms with Gasteiger partial charge >= 0.3 is 6.18 Å². The summed E-state index contributed by atoms with van der Waals surface area (Å²) in [6, 6.07) is 0.823. The number of halogens is 4. The van der Waals surface area contributed by atoms with E-state index in [0.717, 1.165) is 17.4 Å². The van der Waals surface area contributed by atoms with Crippen molar-refractivity contribution in [3.05, 3.63) is 69.2 Å². The third-order valence-corrected chi connectivity index (χ3v) is 8.58. The minimum absolute atomic E-state index is 0.00635. The topological polar surface area (TPSA) is 134 Å². The number of anilines is 1. The SMILES string of the molecule is C=C/C(Cl)=C(\C=C(/C)NC(=O)c1cnc([C@@H](C)NC(=O)c2cc(N3CCS(=O)(=O)CC3)ncn2)s1)C(F)(F)F. The zero-order valence-electron chi connectivity index (χ0n) is 20.7. The van der Waals surface area contributed by atoms with Crippen molar-refractivity contribution in [3.63, 3.8) is 0 Å². The molecule has 0 aromatic carbocycles. The van der Waals surface area contributed by atoms with E-state index in [-0.39, 0.29) is 40.9 Å². The number of sulfone groups is 1. The molecule has 39 heavy (non-hydrogen) atoms. The van der Waals surface area contributed by atoms with Gasteiger partial charge in [0.05, 0.1) is 34.3 Å². The van der Waals surface area contributed by atoms with Crippen molar-refractivity contribution in [3.8, 4) is 0 Å². The van der Waals surface area contributed by atoms with Crippen molar-refractivity contribution in [2.24, 2.45) is 0 Å². The first-order valence-corrected chi connectivity index (χ1v) is 14.3. The molecule has 3 heterocycles. The van der Waals surface area contributed by atoms with Crippen LogP contribution in [-0.4, -0.2) is 66.0 Å². The van der Waals surface area contributed by atoms with Crippen LogP contribution in [0.3, 0.4) is 0 Å². The fraction of sp³-hybridized carbons (Fsp3) is 0.348. The maximum absolute atomic E-state index is 13.2. The Morgan fingerprint density at radius 1 is 1.21 bits per heavy atom. The molecule has 2 aromatic heterocycles. The Hall–Kier alpha value is -3.30. The van der Waals surface area contributed by atoms with Gasteiger partial charge in [0.1, 0.15) is 27.7 Å². The van der Waals surface area contributed by atoms with Crippen LogP contribution in [0, 0.1) is 0 Å². The summed E-state index contributed by atoms with van der Waals surface area (Å²) in [5.41, 5.74) is -1.20. The lowest BCUT2D eigenvalue weighted by molar-refractivity contribution is -0.0885. The van der Waals surface area contributed by atoms with Gasteiger partial charge in [-0.05, 0) is 19.9 Å². The largest absolute Gasteiger partial charge is 0.417 e. The molecule has 0 aliphatic carbocycles. The number of carbonyl (C=O) groups excluding carboxylic acids is 2. The van der Waals surface area contributed by atoms with Gasteiger partial charge in [0, 0.05) is 24.9 Å². The lowest BCUT2D eigenvalue weighted by Gasteiger charge is -2.27. The second kappa shape index (κ2) is 12.3. The van der Waals surface area contributed by atoms with Gasteiger partial charge in [-0.3, -0.25) is 9.59 Å². The highest BCUT2D eigenvalue weighted by atomic mass is 35.5. The number of rotatable bonds is 8. The molecule has 2 N–H and O–H groups in total. The van der Waals surface area contributed by atoms with E-state index in [1.807, 2.05) is 0 Å². The van der Waals surface area contributed by atoms with Crippen LogP contribution in [-0.2, 0) is 9.84 Å². The number of thiazole rings is 1. The smallest absolute Gasteiger partial charge is 0.354 e. The fourth-order valence-electron chi connectivity index (χ4n) is 3.40. The number of carbonyl (C=O) groups is 2. The van der Waals surface area contributed by atoms with E-state index in [4.69, 9.17) is 11.6 Å². The van der Waals surface area contributed by atoms with Crippen LogP contribution in [0.5, 0.6) is 0 Å². The van der Waals surface area contributed by atoms with Crippen LogP contribution in [0.25, 0.3) is 0 Å². The summed E-state index contributed by atoms with van der Waals surface area (Å²) in [7, 11) is -3.08. The molecule has 3 rings (SSSR count). The monoisotopic (exact) mass is 604 g/mol. The van der Waals surface area contributed by atoms with Crippen molar-refractivity contribution < 1.29 is 31.2 Å². The molecule has 2 amide bonds. The van der Waals surface area contributed by atoms with Gasteiger partial charge in [-0.15, -0.1) is 11.3 Å². The van der Waals surface area contributed by atoms with E-state index in [9.17, 15) is 31.2 Å². The number of aromatic nitrogens is 3. The van der Waals surface area contributed by atoms with Crippen molar-refractivity contribution in [1.29, 1.82) is 0 Å². The molecule has 1 atom stereocenters. The highest BCUT2D eigenvalue weighted by Crippen LogP contribution is 2.32. The molecule has 0 unspecified atom stereocenters. The zero-order valence-corrected chi connectivity index (χ0v) is 23.1. The van der Waals surface area contributed by atoms with Crippen LogP contribution in [0.1, 0.15) is 45.1 Å². The average molecular weight is 605 g/mol. The minimum atomic E-state index is -4.75. The Balaban J connectivity index is 1.65. The van der Waals surface area contributed by atoms with Crippen LogP contribution >= 0.6 is 22.9 Å². The zero-order chi connectivity index (χ0) is 29.0. The van der Waals surface area contributed by atoms with Crippen molar-refractivity contribution in [2.75, 3.05) is 29.5 Å². The van der Waals surface area contributed by atoms with Gasteiger partial charge in [-0.2, -0.15) is 13.2 Å². The summed E-state index contributed by atoms with van der Waals surface area (Å²) >= 11 is 6.56. The molecule has 1 aliphatic heterocycles. The molecule has 16 heteroatoms. The number of alkyl halides is 3. The van der Waals surface area contributed by atoms with Crippen molar-refractivity contribution in [1.82, 2.24) is 25.6 Å². The highest BCUT2D eigenvalue weighted by molar-refractivity contribution is 7.91. The summed E-state index contributed by atoms with van der Waals surface area (Å²) in [5, 5.41) is 4.84. The molecule has 0 radical (unpaired) electrons. The molecule has 1 aliphatic rings. The van der Waals surface area contributed by atoms with E-state index in [0.29, 0.717) is 16.9 Å². The maximum atomic E-state index is 13.2. The Bertz CT molecular complexity index is 1430. The first kappa shape index (κ1) is 30.2. The number of allylic oxidation sites excluding steroid dienone is 5. The van der Waals surface area contributed by atoms with Gasteiger partial charge in [0.15, 0.2) is 9.84 Å². The molecular formula is C23H24ClF3N6O4S2. The van der Waals surface area contributed by atoms with Gasteiger partial charge in [-0.25, -0.2) is 23.4 Å². The lowest BCUT2D eigenvalue weighted by Crippen LogP contribution is -2.40. The van der Waals surface area contributed by atoms with Crippen LogP contribution in [0.15, 0.2) is 53.6 Å². The van der Waals surface area contributed by atoms with Crippen LogP contribution < -0.4 is 15.5 Å². The molecule has 2 aromatic rings. The number of hydrogen-bond donors (Lipinski definition) is 2. The summed E-state index contributed by atoms with van der Waals surface area (Å²) in [6.07, 6.45) is -0.742. The summed E-state index contributed by atoms with van der Waals surface area (Å²) in [4.78, 5) is 39.4. The first-order valence-electron chi connectivity index (χ1n) is 11.3. The number of nitrogens with zero attached hydrogens (tertiary/aromatic N) is 4. The third kappa shape index (κ3) is 8.10. The Kier molecular flexibility index (Phi) is 9.51. The number of amides is 2. The number of hydrogen-bond acceptors (Lipinski definition) is 9. The second-order valence-electron chi connectivity index (χ2n) is 8.40. The minimum Gasteiger partial charge on any atom is -0.354 e. The molecule has 1 saturated heterocycles. The molecular weight excluding hydrogens is 581 g/mol. The fourth-order valence-corrected chi connectivity index (χ4v) is 5.58. The van der Waals surface area contributed by atoms with Gasteiger partial charge in [0.25, 0.3) is 11.8 Å². The predicted molar refractivity (Wildman–Crippen MR) is 141 cm³/mol. The predicted octanol–water partition coefficient (Wildman–Crippen LogP) is 3.53. The Morgan fingerprint density at radius 2 is 1.87 bits per heavy atom. The molecule has 210 valence electrons. The standard InChI is InChI=1S/C23H24ClF3N6O4S2/c1-4-16(24)15(23(25,26)27)9-13(2)31-21(35)18-11-28-22(38-18)14(3)32-20(34)17-10-19(30-12-29-17)33-5-7-39(36,37)8-6-33/h4,9-12,14H,1,5-8H2,2-3H3,(H,31,35)(H,32,34)/b13-9+,16-15-/t14-/m1/s1. The van der Waals surface area contributed by atoms with Crippen molar-refractivity contribution >= 4 is 50.4 Å². The summed E-state index contributed by atoms with van der Waals surface area (Å²) in [6.45, 7) is 6.65. The van der Waals surface area contributed by atoms with E-state index in [2.05, 4.69) is 32.2 Å². The number of nitrogens with one attached hydrogen (secondary N) is 2. The van der Waals surface area contributed by atoms with Gasteiger partial charge in [0.2, 0.25) is 0 Å². The Morgan fingerprint density at radius 3 is 2.49 bits per heavy atom.